The Morgan fingerprint density at radius 1 is 1.29 bits per heavy atom. The summed E-state index contributed by atoms with van der Waals surface area (Å²) in [5.74, 6) is -1.50. The molecule has 0 aliphatic carbocycles. The third-order valence-corrected chi connectivity index (χ3v) is 2.85. The van der Waals surface area contributed by atoms with Gasteiger partial charge in [-0.3, -0.25) is 4.79 Å². The topological polar surface area (TPSA) is 98.7 Å². The highest BCUT2D eigenvalue weighted by Crippen LogP contribution is 2.20. The van der Waals surface area contributed by atoms with Crippen LogP contribution in [0.4, 0.5) is 10.5 Å². The highest BCUT2D eigenvalue weighted by molar-refractivity contribution is 6.31. The number of aromatic carboxylic acids is 1. The van der Waals surface area contributed by atoms with Crippen molar-refractivity contribution in [3.8, 4) is 0 Å². The summed E-state index contributed by atoms with van der Waals surface area (Å²) in [6.45, 7) is 1.53. The summed E-state index contributed by atoms with van der Waals surface area (Å²) in [6.07, 6.45) is 0. The van der Waals surface area contributed by atoms with Gasteiger partial charge >= 0.3 is 12.0 Å². The van der Waals surface area contributed by atoms with Crippen LogP contribution >= 0.6 is 11.6 Å². The van der Waals surface area contributed by atoms with Crippen LogP contribution in [0.25, 0.3) is 0 Å². The fourth-order valence-electron chi connectivity index (χ4n) is 1.61. The van der Waals surface area contributed by atoms with E-state index in [4.69, 9.17) is 16.7 Å². The summed E-state index contributed by atoms with van der Waals surface area (Å²) >= 11 is 5.72. The highest BCUT2D eigenvalue weighted by atomic mass is 35.5. The largest absolute Gasteiger partial charge is 0.478 e. The lowest BCUT2D eigenvalue weighted by atomic mass is 10.2. The summed E-state index contributed by atoms with van der Waals surface area (Å²) in [5, 5.41) is 14.1. The molecule has 0 radical (unpaired) electrons. The van der Waals surface area contributed by atoms with Crippen molar-refractivity contribution in [3.05, 3.63) is 28.8 Å². The molecule has 0 spiro atoms. The lowest BCUT2D eigenvalue weighted by Gasteiger charge is -2.18. The number of carboxylic acid groups (broad SMARTS) is 1. The highest BCUT2D eigenvalue weighted by Gasteiger charge is 2.18. The van der Waals surface area contributed by atoms with Crippen molar-refractivity contribution in [2.24, 2.45) is 0 Å². The van der Waals surface area contributed by atoms with Crippen LogP contribution in [0, 0.1) is 0 Å². The zero-order valence-corrected chi connectivity index (χ0v) is 12.6. The molecule has 0 saturated carbocycles. The third kappa shape index (κ3) is 4.64. The van der Waals surface area contributed by atoms with Gasteiger partial charge in [-0.1, -0.05) is 11.6 Å². The molecule has 114 valence electrons. The van der Waals surface area contributed by atoms with Crippen molar-refractivity contribution in [2.75, 3.05) is 19.4 Å². The van der Waals surface area contributed by atoms with Crippen molar-refractivity contribution < 1.29 is 19.5 Å². The SMILES string of the molecule is CC(NC(=O)Nc1ccc(Cl)cc1C(=O)O)C(=O)N(C)C. The van der Waals surface area contributed by atoms with Crippen LogP contribution in [0.15, 0.2) is 18.2 Å². The molecule has 0 aromatic heterocycles. The number of nitrogens with one attached hydrogen (secondary N) is 2. The number of benzene rings is 1. The van der Waals surface area contributed by atoms with E-state index in [0.29, 0.717) is 0 Å². The van der Waals surface area contributed by atoms with Crippen LogP contribution in [0.5, 0.6) is 0 Å². The summed E-state index contributed by atoms with van der Waals surface area (Å²) < 4.78 is 0. The Morgan fingerprint density at radius 3 is 2.43 bits per heavy atom. The van der Waals surface area contributed by atoms with Crippen molar-refractivity contribution in [1.29, 1.82) is 0 Å². The first-order valence-electron chi connectivity index (χ1n) is 6.04. The van der Waals surface area contributed by atoms with Gasteiger partial charge in [0.25, 0.3) is 0 Å². The van der Waals surface area contributed by atoms with Crippen LogP contribution in [-0.2, 0) is 4.79 Å². The molecule has 8 heteroatoms. The molecule has 1 aromatic rings. The van der Waals surface area contributed by atoms with Crippen LogP contribution in [0.2, 0.25) is 5.02 Å². The Kier molecular flexibility index (Phi) is 5.54. The molecule has 0 bridgehead atoms. The minimum absolute atomic E-state index is 0.0916. The van der Waals surface area contributed by atoms with E-state index in [1.165, 1.54) is 30.0 Å². The third-order valence-electron chi connectivity index (χ3n) is 2.62. The molecule has 0 fully saturated rings. The molecule has 21 heavy (non-hydrogen) atoms. The average molecular weight is 314 g/mol. The summed E-state index contributed by atoms with van der Waals surface area (Å²) in [5.41, 5.74) is -0.0434. The van der Waals surface area contributed by atoms with E-state index < -0.39 is 18.0 Å². The molecule has 1 atom stereocenters. The molecule has 0 heterocycles. The maximum absolute atomic E-state index is 11.8. The van der Waals surface area contributed by atoms with Gasteiger partial charge in [0.05, 0.1) is 11.3 Å². The van der Waals surface area contributed by atoms with Gasteiger partial charge in [0.1, 0.15) is 6.04 Å². The number of carbonyl (C=O) groups excluding carboxylic acids is 2. The van der Waals surface area contributed by atoms with Gasteiger partial charge in [0.2, 0.25) is 5.91 Å². The molecule has 3 amide bonds. The standard InChI is InChI=1S/C13H16ClN3O4/c1-7(11(18)17(2)3)15-13(21)16-10-5-4-8(14)6-9(10)12(19)20/h4-7H,1-3H3,(H,19,20)(H2,15,16,21). The number of likely N-dealkylation sites (N-methyl/N-ethyl adjacent to an activating group) is 1. The van der Waals surface area contributed by atoms with E-state index in [2.05, 4.69) is 10.6 Å². The van der Waals surface area contributed by atoms with Crippen molar-refractivity contribution in [3.63, 3.8) is 0 Å². The van der Waals surface area contributed by atoms with E-state index in [-0.39, 0.29) is 22.2 Å². The quantitative estimate of drug-likeness (QED) is 0.787. The number of anilines is 1. The zero-order chi connectivity index (χ0) is 16.2. The first kappa shape index (κ1) is 16.8. The summed E-state index contributed by atoms with van der Waals surface area (Å²) in [4.78, 5) is 35.8. The van der Waals surface area contributed by atoms with Gasteiger partial charge in [0, 0.05) is 19.1 Å². The number of hydrogen-bond donors (Lipinski definition) is 3. The van der Waals surface area contributed by atoms with Crippen molar-refractivity contribution in [1.82, 2.24) is 10.2 Å². The fourth-order valence-corrected chi connectivity index (χ4v) is 1.78. The number of urea groups is 1. The first-order chi connectivity index (χ1) is 9.72. The fraction of sp³-hybridized carbons (Fsp3) is 0.308. The van der Waals surface area contributed by atoms with E-state index in [9.17, 15) is 14.4 Å². The van der Waals surface area contributed by atoms with Gasteiger partial charge in [-0.2, -0.15) is 0 Å². The molecule has 3 N–H and O–H groups in total. The van der Waals surface area contributed by atoms with Crippen molar-refractivity contribution in [2.45, 2.75) is 13.0 Å². The second kappa shape index (κ2) is 6.94. The molecule has 0 aliphatic rings. The second-order valence-electron chi connectivity index (χ2n) is 4.55. The van der Waals surface area contributed by atoms with Gasteiger partial charge in [-0.25, -0.2) is 9.59 Å². The van der Waals surface area contributed by atoms with E-state index in [1.807, 2.05) is 0 Å². The van der Waals surface area contributed by atoms with Crippen molar-refractivity contribution >= 4 is 35.2 Å². The van der Waals surface area contributed by atoms with Crippen LogP contribution in [0.1, 0.15) is 17.3 Å². The number of rotatable bonds is 4. The Bertz CT molecular complexity index is 575. The van der Waals surface area contributed by atoms with Crippen LogP contribution in [-0.4, -0.2) is 48.1 Å². The van der Waals surface area contributed by atoms with Crippen LogP contribution < -0.4 is 10.6 Å². The van der Waals surface area contributed by atoms with Gasteiger partial charge in [-0.15, -0.1) is 0 Å². The number of amides is 3. The van der Waals surface area contributed by atoms with E-state index >= 15 is 0 Å². The Balaban J connectivity index is 2.80. The summed E-state index contributed by atoms with van der Waals surface area (Å²) in [7, 11) is 3.14. The average Bonchev–Trinajstić information content (AvgIpc) is 2.39. The normalized spacial score (nSPS) is 11.4. The predicted molar refractivity (Wildman–Crippen MR) is 78.7 cm³/mol. The molecule has 0 aliphatic heterocycles. The molecule has 0 saturated heterocycles. The Morgan fingerprint density at radius 2 is 1.90 bits per heavy atom. The Labute approximate surface area is 126 Å². The number of halogens is 1. The molecular formula is C13H16ClN3O4. The predicted octanol–water partition coefficient (Wildman–Crippen LogP) is 1.64. The Hall–Kier alpha value is -2.28. The summed E-state index contributed by atoms with van der Waals surface area (Å²) in [6, 6.07) is 2.65. The number of carboxylic acids is 1. The lowest BCUT2D eigenvalue weighted by molar-refractivity contribution is -0.130. The van der Waals surface area contributed by atoms with Crippen LogP contribution in [0.3, 0.4) is 0 Å². The monoisotopic (exact) mass is 313 g/mol. The number of carbonyl (C=O) groups is 3. The van der Waals surface area contributed by atoms with E-state index in [1.54, 1.807) is 14.1 Å². The van der Waals surface area contributed by atoms with Gasteiger partial charge in [-0.05, 0) is 25.1 Å². The molecule has 1 unspecified atom stereocenters. The lowest BCUT2D eigenvalue weighted by Crippen LogP contribution is -2.45. The second-order valence-corrected chi connectivity index (χ2v) is 4.98. The smallest absolute Gasteiger partial charge is 0.337 e. The van der Waals surface area contributed by atoms with Gasteiger partial charge < -0.3 is 20.6 Å². The molecular weight excluding hydrogens is 298 g/mol. The number of nitrogens with zero attached hydrogens (tertiary/aromatic N) is 1. The first-order valence-corrected chi connectivity index (χ1v) is 6.41. The minimum Gasteiger partial charge on any atom is -0.478 e. The maximum atomic E-state index is 11.8. The molecule has 1 aromatic carbocycles. The van der Waals surface area contributed by atoms with Gasteiger partial charge in [0.15, 0.2) is 0 Å². The van der Waals surface area contributed by atoms with E-state index in [0.717, 1.165) is 0 Å². The zero-order valence-electron chi connectivity index (χ0n) is 11.8. The molecule has 7 nitrogen and oxygen atoms in total. The molecule has 1 rings (SSSR count). The number of hydrogen-bond acceptors (Lipinski definition) is 3. The minimum atomic E-state index is -1.22. The maximum Gasteiger partial charge on any atom is 0.337 e.